The number of allylic oxidation sites excluding steroid dienone is 5. The number of hydrogen-bond donors (Lipinski definition) is 2. The summed E-state index contributed by atoms with van der Waals surface area (Å²) in [6.45, 7) is 11.6. The molecule has 2 aromatic heterocycles. The smallest absolute Gasteiger partial charge is 0.193 e. The Morgan fingerprint density at radius 1 is 1.17 bits per heavy atom. The number of para-hydroxylation sites is 1. The van der Waals surface area contributed by atoms with Crippen LogP contribution in [0.4, 0.5) is 5.82 Å². The zero-order valence-corrected chi connectivity index (χ0v) is 16.8. The number of rotatable bonds is 7. The number of benzene rings is 1. The molecule has 0 aliphatic carbocycles. The topological polar surface area (TPSA) is 46.9 Å². The number of thiol groups is 1. The maximum Gasteiger partial charge on any atom is 0.193 e. The molecule has 0 saturated carbocycles. The Morgan fingerprint density at radius 3 is 2.59 bits per heavy atom. The summed E-state index contributed by atoms with van der Waals surface area (Å²) < 4.78 is 1.97. The molecule has 0 bridgehead atoms. The van der Waals surface area contributed by atoms with Gasteiger partial charge in [-0.05, 0) is 47.4 Å². The minimum absolute atomic E-state index is 0.133. The number of aromatic nitrogens is 2. The maximum absolute atomic E-state index is 12.8. The van der Waals surface area contributed by atoms with Crippen molar-refractivity contribution in [1.29, 1.82) is 0 Å². The molecule has 2 heterocycles. The van der Waals surface area contributed by atoms with Crippen molar-refractivity contribution in [2.24, 2.45) is 0 Å². The minimum atomic E-state index is -0.133. The molecule has 144 valence electrons. The first-order valence-corrected chi connectivity index (χ1v) is 9.44. The van der Waals surface area contributed by atoms with Crippen molar-refractivity contribution >= 4 is 34.9 Å². The van der Waals surface area contributed by atoms with Crippen molar-refractivity contribution in [3.05, 3.63) is 120 Å². The van der Waals surface area contributed by atoms with Crippen LogP contribution in [0.25, 0.3) is 22.2 Å². The van der Waals surface area contributed by atoms with Gasteiger partial charge in [0.25, 0.3) is 0 Å². The van der Waals surface area contributed by atoms with E-state index in [4.69, 9.17) is 0 Å². The molecule has 0 saturated heterocycles. The van der Waals surface area contributed by atoms with E-state index < -0.39 is 0 Å². The van der Waals surface area contributed by atoms with E-state index in [0.717, 1.165) is 11.4 Å². The third-order valence-electron chi connectivity index (χ3n) is 4.31. The van der Waals surface area contributed by atoms with Crippen LogP contribution in [-0.4, -0.2) is 9.55 Å². The van der Waals surface area contributed by atoms with Crippen molar-refractivity contribution in [2.75, 3.05) is 5.32 Å². The van der Waals surface area contributed by atoms with E-state index in [1.165, 1.54) is 0 Å². The molecule has 29 heavy (non-hydrogen) atoms. The third-order valence-corrected chi connectivity index (χ3v) is 4.46. The molecule has 5 heteroatoms. The Kier molecular flexibility index (Phi) is 6.32. The SMILES string of the molecule is C=C/C=C(\C=C)Nc1cc(=O)c2cnc(C(=C)/C=C\S)cc2n1-c1ccccc1. The lowest BCUT2D eigenvalue weighted by atomic mass is 10.1. The highest BCUT2D eigenvalue weighted by Gasteiger charge is 2.13. The molecule has 3 rings (SSSR count). The van der Waals surface area contributed by atoms with Gasteiger partial charge in [-0.25, -0.2) is 0 Å². The first-order valence-electron chi connectivity index (χ1n) is 8.92. The van der Waals surface area contributed by atoms with Gasteiger partial charge in [-0.2, -0.15) is 12.6 Å². The van der Waals surface area contributed by atoms with Crippen molar-refractivity contribution < 1.29 is 0 Å². The highest BCUT2D eigenvalue weighted by atomic mass is 32.1. The second-order valence-corrected chi connectivity index (χ2v) is 6.48. The van der Waals surface area contributed by atoms with Gasteiger partial charge in [0.05, 0.1) is 16.6 Å². The monoisotopic (exact) mass is 399 g/mol. The van der Waals surface area contributed by atoms with E-state index >= 15 is 0 Å². The highest BCUT2D eigenvalue weighted by molar-refractivity contribution is 7.83. The summed E-state index contributed by atoms with van der Waals surface area (Å²) in [6, 6.07) is 13.2. The molecule has 0 spiro atoms. The molecule has 4 nitrogen and oxygen atoms in total. The molecule has 0 aliphatic heterocycles. The Morgan fingerprint density at radius 2 is 1.93 bits per heavy atom. The van der Waals surface area contributed by atoms with E-state index in [2.05, 4.69) is 42.7 Å². The number of anilines is 1. The van der Waals surface area contributed by atoms with Crippen molar-refractivity contribution in [3.8, 4) is 5.69 Å². The summed E-state index contributed by atoms with van der Waals surface area (Å²) in [6.07, 6.45) is 8.46. The fourth-order valence-electron chi connectivity index (χ4n) is 2.95. The molecule has 0 atom stereocenters. The van der Waals surface area contributed by atoms with Gasteiger partial charge in [-0.3, -0.25) is 14.3 Å². The average Bonchev–Trinajstić information content (AvgIpc) is 2.74. The Hall–Kier alpha value is -3.57. The van der Waals surface area contributed by atoms with Crippen LogP contribution in [0.5, 0.6) is 0 Å². The van der Waals surface area contributed by atoms with Crippen molar-refractivity contribution in [2.45, 2.75) is 0 Å². The van der Waals surface area contributed by atoms with Crippen LogP contribution >= 0.6 is 12.6 Å². The zero-order chi connectivity index (χ0) is 20.8. The van der Waals surface area contributed by atoms with Crippen LogP contribution in [0, 0.1) is 0 Å². The lowest BCUT2D eigenvalue weighted by Gasteiger charge is -2.19. The fourth-order valence-corrected chi connectivity index (χ4v) is 3.13. The van der Waals surface area contributed by atoms with Gasteiger partial charge < -0.3 is 5.32 Å². The van der Waals surface area contributed by atoms with Crippen LogP contribution in [0.3, 0.4) is 0 Å². The molecule has 1 aromatic carbocycles. The van der Waals surface area contributed by atoms with Gasteiger partial charge in [0.15, 0.2) is 5.43 Å². The summed E-state index contributed by atoms with van der Waals surface area (Å²) in [5.41, 5.74) is 3.56. The molecule has 0 unspecified atom stereocenters. The second kappa shape index (κ2) is 9.08. The standard InChI is InChI=1S/C24H21N3OS/c1-4-9-18(5-2)26-24-15-23(28)20-16-25-21(17(3)12-13-29)14-22(20)27(24)19-10-7-6-8-11-19/h4-16,26,29H,1-3H2/b13-12-,18-9+. The van der Waals surface area contributed by atoms with Crippen LogP contribution in [0.2, 0.25) is 0 Å². The van der Waals surface area contributed by atoms with E-state index in [1.54, 1.807) is 42.0 Å². The summed E-state index contributed by atoms with van der Waals surface area (Å²) in [7, 11) is 0. The molecular formula is C24H21N3OS. The number of nitrogens with zero attached hydrogens (tertiary/aromatic N) is 2. The normalized spacial score (nSPS) is 11.6. The molecule has 0 radical (unpaired) electrons. The van der Waals surface area contributed by atoms with Crippen molar-refractivity contribution in [1.82, 2.24) is 9.55 Å². The van der Waals surface area contributed by atoms with Crippen LogP contribution in [-0.2, 0) is 0 Å². The van der Waals surface area contributed by atoms with Gasteiger partial charge in [-0.15, -0.1) is 0 Å². The first kappa shape index (κ1) is 20.2. The number of fused-ring (bicyclic) bond motifs is 1. The zero-order valence-electron chi connectivity index (χ0n) is 15.9. The van der Waals surface area contributed by atoms with E-state index in [0.29, 0.717) is 28.0 Å². The van der Waals surface area contributed by atoms with Crippen LogP contribution < -0.4 is 10.7 Å². The summed E-state index contributed by atoms with van der Waals surface area (Å²) in [4.78, 5) is 17.2. The Balaban J connectivity index is 2.36. The first-order chi connectivity index (χ1) is 14.1. The molecule has 1 N–H and O–H groups in total. The molecule has 0 aliphatic rings. The average molecular weight is 400 g/mol. The van der Waals surface area contributed by atoms with Gasteiger partial charge in [0.1, 0.15) is 5.82 Å². The maximum atomic E-state index is 12.8. The van der Waals surface area contributed by atoms with Crippen molar-refractivity contribution in [3.63, 3.8) is 0 Å². The highest BCUT2D eigenvalue weighted by Crippen LogP contribution is 2.25. The fraction of sp³-hybridized carbons (Fsp3) is 0. The summed E-state index contributed by atoms with van der Waals surface area (Å²) in [5, 5.41) is 5.39. The van der Waals surface area contributed by atoms with Gasteiger partial charge >= 0.3 is 0 Å². The number of pyridine rings is 2. The van der Waals surface area contributed by atoms with Crippen LogP contribution in [0.1, 0.15) is 5.69 Å². The largest absolute Gasteiger partial charge is 0.341 e. The van der Waals surface area contributed by atoms with E-state index in [-0.39, 0.29) is 5.43 Å². The molecule has 0 amide bonds. The van der Waals surface area contributed by atoms with E-state index in [9.17, 15) is 4.79 Å². The lowest BCUT2D eigenvalue weighted by Crippen LogP contribution is -2.14. The van der Waals surface area contributed by atoms with Gasteiger partial charge in [0, 0.05) is 23.6 Å². The lowest BCUT2D eigenvalue weighted by molar-refractivity contribution is 1.09. The Labute approximate surface area is 175 Å². The van der Waals surface area contributed by atoms with Gasteiger partial charge in [-0.1, -0.05) is 44.0 Å². The summed E-state index contributed by atoms with van der Waals surface area (Å²) in [5.74, 6) is 0.606. The number of nitrogens with one attached hydrogen (secondary N) is 1. The predicted octanol–water partition coefficient (Wildman–Crippen LogP) is 5.51. The van der Waals surface area contributed by atoms with Crippen LogP contribution in [0.15, 0.2) is 109 Å². The quantitative estimate of drug-likeness (QED) is 0.407. The third kappa shape index (κ3) is 4.31. The molecule has 3 aromatic rings. The minimum Gasteiger partial charge on any atom is -0.341 e. The Bertz CT molecular complexity index is 1200. The second-order valence-electron chi connectivity index (χ2n) is 6.18. The molecule has 0 fully saturated rings. The predicted molar refractivity (Wildman–Crippen MR) is 127 cm³/mol. The van der Waals surface area contributed by atoms with E-state index in [1.807, 2.05) is 41.0 Å². The number of hydrogen-bond acceptors (Lipinski definition) is 4. The molecular weight excluding hydrogens is 378 g/mol. The summed E-state index contributed by atoms with van der Waals surface area (Å²) >= 11 is 4.10. The van der Waals surface area contributed by atoms with Gasteiger partial charge in [0.2, 0.25) is 0 Å².